The maximum absolute atomic E-state index is 13.4. The Balaban J connectivity index is 2.03. The van der Waals surface area contributed by atoms with Crippen LogP contribution < -0.4 is 5.46 Å². The van der Waals surface area contributed by atoms with Crippen molar-refractivity contribution in [1.82, 2.24) is 4.90 Å². The Bertz CT molecular complexity index is 455. The lowest BCUT2D eigenvalue weighted by molar-refractivity contribution is 0.157. The minimum atomic E-state index is -1.75. The molecule has 1 aromatic carbocycles. The Kier molecular flexibility index (Phi) is 5.19. The lowest BCUT2D eigenvalue weighted by Gasteiger charge is -2.34. The van der Waals surface area contributed by atoms with Crippen molar-refractivity contribution in [3.8, 4) is 0 Å². The second-order valence-corrected chi connectivity index (χ2v) is 6.07. The first-order valence-corrected chi connectivity index (χ1v) is 7.32. The summed E-state index contributed by atoms with van der Waals surface area (Å²) < 4.78 is 13.4. The van der Waals surface area contributed by atoms with E-state index in [1.807, 2.05) is 0 Å². The number of hydrogen-bond acceptors (Lipinski definition) is 3. The zero-order valence-corrected chi connectivity index (χ0v) is 12.2. The quantitative estimate of drug-likeness (QED) is 0.821. The van der Waals surface area contributed by atoms with Gasteiger partial charge in [-0.3, -0.25) is 4.90 Å². The molecule has 1 saturated carbocycles. The van der Waals surface area contributed by atoms with Crippen LogP contribution in [-0.4, -0.2) is 35.2 Å². The molecule has 0 amide bonds. The van der Waals surface area contributed by atoms with E-state index in [0.717, 1.165) is 11.5 Å². The van der Waals surface area contributed by atoms with Crippen LogP contribution in [0.3, 0.4) is 0 Å². The van der Waals surface area contributed by atoms with Crippen molar-refractivity contribution in [2.75, 3.05) is 7.05 Å². The predicted molar refractivity (Wildman–Crippen MR) is 79.1 cm³/mol. The molecule has 110 valence electrons. The van der Waals surface area contributed by atoms with Crippen molar-refractivity contribution < 1.29 is 14.4 Å². The van der Waals surface area contributed by atoms with Gasteiger partial charge in [-0.25, -0.2) is 4.39 Å². The average Bonchev–Trinajstić information content (AvgIpc) is 2.40. The molecule has 0 aliphatic heterocycles. The van der Waals surface area contributed by atoms with Gasteiger partial charge in [0.15, 0.2) is 0 Å². The van der Waals surface area contributed by atoms with Gasteiger partial charge in [0.05, 0.1) is 0 Å². The summed E-state index contributed by atoms with van der Waals surface area (Å²) in [5.41, 5.74) is 0.864. The molecule has 0 aromatic heterocycles. The van der Waals surface area contributed by atoms with E-state index < -0.39 is 12.9 Å². The summed E-state index contributed by atoms with van der Waals surface area (Å²) in [6.45, 7) is 3.00. The summed E-state index contributed by atoms with van der Waals surface area (Å²) in [5, 5.41) is 18.3. The second kappa shape index (κ2) is 6.70. The number of nitrogens with zero attached hydrogens (tertiary/aromatic N) is 1. The number of hydrogen-bond donors (Lipinski definition) is 2. The largest absolute Gasteiger partial charge is 0.491 e. The molecule has 5 heteroatoms. The van der Waals surface area contributed by atoms with Gasteiger partial charge in [-0.1, -0.05) is 31.9 Å². The monoisotopic (exact) mass is 279 g/mol. The van der Waals surface area contributed by atoms with Gasteiger partial charge in [0.25, 0.3) is 0 Å². The molecule has 1 aliphatic carbocycles. The van der Waals surface area contributed by atoms with Crippen LogP contribution in [0.1, 0.15) is 38.2 Å². The highest BCUT2D eigenvalue weighted by Gasteiger charge is 2.23. The fraction of sp³-hybridized carbons (Fsp3) is 0.600. The minimum Gasteiger partial charge on any atom is -0.423 e. The highest BCUT2D eigenvalue weighted by atomic mass is 19.1. The normalized spacial score (nSPS) is 23.1. The highest BCUT2D eigenvalue weighted by molar-refractivity contribution is 6.58. The fourth-order valence-electron chi connectivity index (χ4n) is 3.11. The molecule has 3 nitrogen and oxygen atoms in total. The molecule has 1 aliphatic rings. The number of rotatable bonds is 4. The zero-order chi connectivity index (χ0) is 14.7. The molecule has 1 fully saturated rings. The van der Waals surface area contributed by atoms with E-state index in [4.69, 9.17) is 10.0 Å². The van der Waals surface area contributed by atoms with Gasteiger partial charge in [0, 0.05) is 18.0 Å². The number of benzene rings is 1. The topological polar surface area (TPSA) is 43.7 Å². The smallest absolute Gasteiger partial charge is 0.423 e. The first-order valence-electron chi connectivity index (χ1n) is 7.32. The maximum Gasteiger partial charge on any atom is 0.491 e. The van der Waals surface area contributed by atoms with Crippen LogP contribution in [0.5, 0.6) is 0 Å². The third kappa shape index (κ3) is 3.81. The third-order valence-corrected chi connectivity index (χ3v) is 4.30. The van der Waals surface area contributed by atoms with Crippen molar-refractivity contribution in [2.45, 2.75) is 45.2 Å². The molecule has 2 unspecified atom stereocenters. The van der Waals surface area contributed by atoms with Crippen LogP contribution >= 0.6 is 0 Å². The van der Waals surface area contributed by atoms with E-state index in [9.17, 15) is 4.39 Å². The minimum absolute atomic E-state index is 0.0482. The molecule has 20 heavy (non-hydrogen) atoms. The lowest BCUT2D eigenvalue weighted by Crippen LogP contribution is -2.36. The Morgan fingerprint density at radius 3 is 2.75 bits per heavy atom. The van der Waals surface area contributed by atoms with Crippen LogP contribution in [-0.2, 0) is 6.54 Å². The highest BCUT2D eigenvalue weighted by Crippen LogP contribution is 2.27. The second-order valence-electron chi connectivity index (χ2n) is 6.07. The van der Waals surface area contributed by atoms with Crippen LogP contribution in [0.15, 0.2) is 18.2 Å². The van der Waals surface area contributed by atoms with Crippen LogP contribution in [0.2, 0.25) is 0 Å². The Morgan fingerprint density at radius 1 is 1.35 bits per heavy atom. The Morgan fingerprint density at radius 2 is 2.10 bits per heavy atom. The Hall–Kier alpha value is -0.905. The van der Waals surface area contributed by atoms with Crippen molar-refractivity contribution in [2.24, 2.45) is 5.92 Å². The van der Waals surface area contributed by atoms with Crippen molar-refractivity contribution in [1.29, 1.82) is 0 Å². The predicted octanol–water partition coefficient (Wildman–Crippen LogP) is 1.52. The van der Waals surface area contributed by atoms with E-state index in [0.29, 0.717) is 12.6 Å². The molecular weight excluding hydrogens is 256 g/mol. The summed E-state index contributed by atoms with van der Waals surface area (Å²) >= 11 is 0. The molecule has 0 saturated heterocycles. The Labute approximate surface area is 120 Å². The van der Waals surface area contributed by atoms with Gasteiger partial charge >= 0.3 is 7.12 Å². The molecule has 0 radical (unpaired) electrons. The van der Waals surface area contributed by atoms with Crippen LogP contribution in [0.25, 0.3) is 0 Å². The molecular formula is C15H23BFNO2. The van der Waals surface area contributed by atoms with Gasteiger partial charge in [-0.15, -0.1) is 0 Å². The molecule has 0 heterocycles. The zero-order valence-electron chi connectivity index (χ0n) is 12.2. The van der Waals surface area contributed by atoms with Gasteiger partial charge in [0.2, 0.25) is 0 Å². The summed E-state index contributed by atoms with van der Waals surface area (Å²) in [6, 6.07) is 5.13. The summed E-state index contributed by atoms with van der Waals surface area (Å²) in [7, 11) is 0.330. The van der Waals surface area contributed by atoms with Gasteiger partial charge in [-0.05, 0) is 37.4 Å². The molecule has 0 bridgehead atoms. The number of halogens is 1. The first-order chi connectivity index (χ1) is 9.47. The lowest BCUT2D eigenvalue weighted by atomic mass is 9.79. The van der Waals surface area contributed by atoms with Crippen molar-refractivity contribution in [3.05, 3.63) is 29.6 Å². The van der Waals surface area contributed by atoms with Gasteiger partial charge in [0.1, 0.15) is 5.82 Å². The van der Waals surface area contributed by atoms with Gasteiger partial charge in [-0.2, -0.15) is 0 Å². The van der Waals surface area contributed by atoms with E-state index in [2.05, 4.69) is 18.9 Å². The molecule has 2 N–H and O–H groups in total. The fourth-order valence-corrected chi connectivity index (χ4v) is 3.11. The SMILES string of the molecule is CC1CCCC(N(C)Cc2ccc(F)c(B(O)O)c2)C1. The third-order valence-electron chi connectivity index (χ3n) is 4.30. The summed E-state index contributed by atoms with van der Waals surface area (Å²) in [6.07, 6.45) is 4.98. The van der Waals surface area contributed by atoms with Gasteiger partial charge < -0.3 is 10.0 Å². The van der Waals surface area contributed by atoms with Crippen LogP contribution in [0.4, 0.5) is 4.39 Å². The van der Waals surface area contributed by atoms with E-state index in [1.165, 1.54) is 31.7 Å². The standard InChI is InChI=1S/C15H23BFNO2/c1-11-4-3-5-13(8-11)18(2)10-12-6-7-15(17)14(9-12)16(19)20/h6-7,9,11,13,19-20H,3-5,8,10H2,1-2H3. The van der Waals surface area contributed by atoms with Crippen molar-refractivity contribution in [3.63, 3.8) is 0 Å². The van der Waals surface area contributed by atoms with E-state index in [-0.39, 0.29) is 5.46 Å². The summed E-state index contributed by atoms with van der Waals surface area (Å²) in [5.74, 6) is 0.192. The average molecular weight is 279 g/mol. The first kappa shape index (κ1) is 15.5. The molecule has 2 atom stereocenters. The molecule has 2 rings (SSSR count). The van der Waals surface area contributed by atoms with Crippen LogP contribution in [0, 0.1) is 11.7 Å². The van der Waals surface area contributed by atoms with Crippen molar-refractivity contribution >= 4 is 12.6 Å². The van der Waals surface area contributed by atoms with E-state index in [1.54, 1.807) is 12.1 Å². The molecule has 1 aromatic rings. The maximum atomic E-state index is 13.4. The summed E-state index contributed by atoms with van der Waals surface area (Å²) in [4.78, 5) is 2.29. The van der Waals surface area contributed by atoms with E-state index >= 15 is 0 Å². The molecule has 0 spiro atoms.